The molecule has 0 saturated heterocycles. The van der Waals surface area contributed by atoms with Crippen LogP contribution >= 0.6 is 11.6 Å². The van der Waals surface area contributed by atoms with Gasteiger partial charge in [0.1, 0.15) is 11.3 Å². The van der Waals surface area contributed by atoms with Crippen molar-refractivity contribution >= 4 is 40.2 Å². The Morgan fingerprint density at radius 3 is 2.71 bits per heavy atom. The van der Waals surface area contributed by atoms with Gasteiger partial charge in [0.25, 0.3) is 5.91 Å². The summed E-state index contributed by atoms with van der Waals surface area (Å²) in [5, 5.41) is 6.04. The number of fused-ring (bicyclic) bond motifs is 1. The van der Waals surface area contributed by atoms with Crippen molar-refractivity contribution in [3.05, 3.63) is 77.1 Å². The molecule has 154 valence electrons. The van der Waals surface area contributed by atoms with Gasteiger partial charge in [-0.25, -0.2) is 19.3 Å². The van der Waals surface area contributed by atoms with Gasteiger partial charge in [-0.2, -0.15) is 0 Å². The fraction of sp³-hybridized carbons (Fsp3) is 0.0909. The van der Waals surface area contributed by atoms with Gasteiger partial charge in [0.05, 0.1) is 21.8 Å². The lowest BCUT2D eigenvalue weighted by molar-refractivity contribution is 0.0945. The molecule has 0 radical (unpaired) electrons. The molecule has 2 aromatic heterocycles. The summed E-state index contributed by atoms with van der Waals surface area (Å²) in [6.45, 7) is 0.352. The number of hydrogen-bond acceptors (Lipinski definition) is 5. The Morgan fingerprint density at radius 1 is 1.13 bits per heavy atom. The largest absolute Gasteiger partial charge is 0.348 e. The zero-order valence-corrected chi connectivity index (χ0v) is 16.9. The van der Waals surface area contributed by atoms with Crippen molar-refractivity contribution in [3.63, 3.8) is 0 Å². The molecule has 0 saturated carbocycles. The lowest BCUT2D eigenvalue weighted by Gasteiger charge is -2.04. The van der Waals surface area contributed by atoms with Crippen LogP contribution < -0.4 is 10.6 Å². The van der Waals surface area contributed by atoms with Crippen LogP contribution in [0.5, 0.6) is 0 Å². The minimum Gasteiger partial charge on any atom is -0.348 e. The van der Waals surface area contributed by atoms with E-state index in [9.17, 15) is 9.18 Å². The minimum absolute atomic E-state index is 0.197. The van der Waals surface area contributed by atoms with Crippen LogP contribution in [0.2, 0.25) is 5.02 Å². The van der Waals surface area contributed by atoms with Gasteiger partial charge in [0.15, 0.2) is 5.82 Å². The van der Waals surface area contributed by atoms with E-state index >= 15 is 0 Å². The maximum atomic E-state index is 13.6. The number of carbonyl (C=O) groups excluding carboxylic acids is 1. The number of rotatable bonds is 5. The van der Waals surface area contributed by atoms with Crippen molar-refractivity contribution in [2.45, 2.75) is 6.42 Å². The van der Waals surface area contributed by atoms with E-state index in [4.69, 9.17) is 11.6 Å². The highest BCUT2D eigenvalue weighted by Gasteiger charge is 2.12. The molecule has 0 spiro atoms. The summed E-state index contributed by atoms with van der Waals surface area (Å²) in [7, 11) is 0. The number of para-hydroxylation sites is 2. The third kappa shape index (κ3) is 4.97. The van der Waals surface area contributed by atoms with Crippen molar-refractivity contribution in [2.24, 2.45) is 0 Å². The lowest BCUT2D eigenvalue weighted by Crippen LogP contribution is -2.25. The van der Waals surface area contributed by atoms with E-state index in [-0.39, 0.29) is 23.5 Å². The van der Waals surface area contributed by atoms with Crippen LogP contribution in [0.3, 0.4) is 0 Å². The predicted molar refractivity (Wildman–Crippen MR) is 117 cm³/mol. The van der Waals surface area contributed by atoms with Crippen LogP contribution in [0.4, 0.5) is 16.0 Å². The van der Waals surface area contributed by atoms with Gasteiger partial charge in [0.2, 0.25) is 5.95 Å². The molecule has 4 aromatic rings. The number of hydrogen-bond donors (Lipinski definition) is 3. The first-order valence-electron chi connectivity index (χ1n) is 9.35. The predicted octanol–water partition coefficient (Wildman–Crippen LogP) is 4.06. The summed E-state index contributed by atoms with van der Waals surface area (Å²) < 4.78 is 13.6. The molecule has 0 aliphatic heterocycles. The summed E-state index contributed by atoms with van der Waals surface area (Å²) in [5.74, 6) is 5.62. The standard InChI is InChI=1S/C22H16ClFN6O/c23-15-7-5-10-18-19(15)30-20(28-18)21(31)25-11-4-3-6-14-12-26-22(27-13-14)29-17-9-2-1-8-16(17)24/h1-2,5,7-10,12-13H,4,11H2,(H,25,31)(H,28,30)(H,26,27,29). The number of carbonyl (C=O) groups is 1. The average Bonchev–Trinajstić information content (AvgIpc) is 3.22. The third-order valence-corrected chi connectivity index (χ3v) is 4.52. The minimum atomic E-state index is -0.386. The molecule has 3 N–H and O–H groups in total. The fourth-order valence-electron chi connectivity index (χ4n) is 2.73. The maximum absolute atomic E-state index is 13.6. The number of imidazole rings is 1. The summed E-state index contributed by atoms with van der Waals surface area (Å²) in [6.07, 6.45) is 3.52. The molecule has 2 heterocycles. The van der Waals surface area contributed by atoms with E-state index < -0.39 is 0 Å². The zero-order chi connectivity index (χ0) is 21.6. The molecule has 0 atom stereocenters. The van der Waals surface area contributed by atoms with Gasteiger partial charge in [-0.05, 0) is 24.3 Å². The first-order valence-corrected chi connectivity index (χ1v) is 9.73. The molecule has 0 aliphatic carbocycles. The van der Waals surface area contributed by atoms with Crippen molar-refractivity contribution in [2.75, 3.05) is 11.9 Å². The van der Waals surface area contributed by atoms with E-state index in [0.29, 0.717) is 40.3 Å². The van der Waals surface area contributed by atoms with Gasteiger partial charge in [-0.15, -0.1) is 0 Å². The normalized spacial score (nSPS) is 10.4. The molecule has 9 heteroatoms. The average molecular weight is 435 g/mol. The number of aromatic amines is 1. The first-order chi connectivity index (χ1) is 15.1. The van der Waals surface area contributed by atoms with Crippen molar-refractivity contribution in [1.82, 2.24) is 25.3 Å². The van der Waals surface area contributed by atoms with Crippen LogP contribution in [-0.4, -0.2) is 32.4 Å². The van der Waals surface area contributed by atoms with Gasteiger partial charge in [0, 0.05) is 25.4 Å². The number of nitrogens with one attached hydrogen (secondary N) is 3. The Morgan fingerprint density at radius 2 is 1.94 bits per heavy atom. The number of halogens is 2. The summed E-state index contributed by atoms with van der Waals surface area (Å²) >= 11 is 6.07. The highest BCUT2D eigenvalue weighted by molar-refractivity contribution is 6.35. The van der Waals surface area contributed by atoms with E-state index in [1.165, 1.54) is 6.07 Å². The first kappa shape index (κ1) is 20.3. The Hall–Kier alpha value is -3.96. The van der Waals surface area contributed by atoms with E-state index in [2.05, 4.69) is 42.4 Å². The van der Waals surface area contributed by atoms with Crippen molar-refractivity contribution in [3.8, 4) is 11.8 Å². The molecule has 31 heavy (non-hydrogen) atoms. The van der Waals surface area contributed by atoms with Gasteiger partial charge in [-0.1, -0.05) is 41.6 Å². The van der Waals surface area contributed by atoms with Gasteiger partial charge < -0.3 is 15.6 Å². The monoisotopic (exact) mass is 434 g/mol. The van der Waals surface area contributed by atoms with E-state index in [1.807, 2.05) is 0 Å². The van der Waals surface area contributed by atoms with Crippen molar-refractivity contribution < 1.29 is 9.18 Å². The van der Waals surface area contributed by atoms with Crippen LogP contribution in [-0.2, 0) is 0 Å². The summed E-state index contributed by atoms with van der Waals surface area (Å²) in [6, 6.07) is 11.6. The molecule has 7 nitrogen and oxygen atoms in total. The van der Waals surface area contributed by atoms with Crippen LogP contribution in [0.1, 0.15) is 22.6 Å². The van der Waals surface area contributed by atoms with Gasteiger partial charge >= 0.3 is 0 Å². The molecular weight excluding hydrogens is 419 g/mol. The fourth-order valence-corrected chi connectivity index (χ4v) is 2.95. The SMILES string of the molecule is O=C(NCCC#Cc1cnc(Nc2ccccc2F)nc1)c1nc2c(Cl)cccc2[nH]1. The number of anilines is 2. The molecule has 1 amide bonds. The number of H-pyrrole nitrogens is 1. The van der Waals surface area contributed by atoms with Crippen LogP contribution in [0.25, 0.3) is 11.0 Å². The zero-order valence-electron chi connectivity index (χ0n) is 16.1. The molecule has 2 aromatic carbocycles. The molecule has 0 bridgehead atoms. The van der Waals surface area contributed by atoms with Crippen molar-refractivity contribution in [1.29, 1.82) is 0 Å². The second kappa shape index (κ2) is 9.24. The molecule has 0 aliphatic rings. The maximum Gasteiger partial charge on any atom is 0.287 e. The van der Waals surface area contributed by atoms with Gasteiger partial charge in [-0.3, -0.25) is 4.79 Å². The molecule has 0 fully saturated rings. The topological polar surface area (TPSA) is 95.6 Å². The number of amides is 1. The van der Waals surface area contributed by atoms with Crippen LogP contribution in [0, 0.1) is 17.7 Å². The van der Waals surface area contributed by atoms with E-state index in [0.717, 1.165) is 0 Å². The second-order valence-electron chi connectivity index (χ2n) is 6.43. The Balaban J connectivity index is 1.28. The highest BCUT2D eigenvalue weighted by atomic mass is 35.5. The number of nitrogens with zero attached hydrogens (tertiary/aromatic N) is 3. The Labute approximate surface area is 182 Å². The quantitative estimate of drug-likeness (QED) is 0.325. The Bertz CT molecular complexity index is 1290. The Kier molecular flexibility index (Phi) is 6.05. The molecular formula is C22H16ClFN6O. The lowest BCUT2D eigenvalue weighted by atomic mass is 10.3. The van der Waals surface area contributed by atoms with E-state index in [1.54, 1.807) is 48.8 Å². The summed E-state index contributed by atoms with van der Waals surface area (Å²) in [5.41, 5.74) is 2.16. The van der Waals surface area contributed by atoms with Crippen LogP contribution in [0.15, 0.2) is 54.9 Å². The molecule has 0 unspecified atom stereocenters. The second-order valence-corrected chi connectivity index (χ2v) is 6.84. The molecule has 4 rings (SSSR count). The summed E-state index contributed by atoms with van der Waals surface area (Å²) in [4.78, 5) is 27.6. The highest BCUT2D eigenvalue weighted by Crippen LogP contribution is 2.20. The number of benzene rings is 2. The third-order valence-electron chi connectivity index (χ3n) is 4.22. The number of aromatic nitrogens is 4. The smallest absolute Gasteiger partial charge is 0.287 e.